The van der Waals surface area contributed by atoms with Gasteiger partial charge in [0, 0.05) is 0 Å². The normalized spacial score (nSPS) is 11.5. The molecule has 0 aliphatic rings. The van der Waals surface area contributed by atoms with Gasteiger partial charge in [0.1, 0.15) is 0 Å². The van der Waals surface area contributed by atoms with Gasteiger partial charge < -0.3 is 0 Å². The number of aliphatic hydroxyl groups excluding tert-OH is 1. The molecule has 0 bridgehead atoms. The van der Waals surface area contributed by atoms with Gasteiger partial charge in [-0.1, -0.05) is 0 Å². The molecule has 0 spiro atoms. The number of carbonyl (C=O) groups excluding carboxylic acids is 1. The molecule has 0 aromatic heterocycles. The summed E-state index contributed by atoms with van der Waals surface area (Å²) in [4.78, 5) is 10.0. The van der Waals surface area contributed by atoms with Crippen LogP contribution in [0, 0.1) is 0 Å². The van der Waals surface area contributed by atoms with E-state index < -0.39 is 12.1 Å². The Morgan fingerprint density at radius 3 is 2.25 bits per heavy atom. The summed E-state index contributed by atoms with van der Waals surface area (Å²) in [6.07, 6.45) is -1.01. The standard InChI is InChI=1S/C3H6O3.Au.Pb.2H/c1-2(4)3(5)6;;;;/h2,4H,1H3,(H,5,6);;;;/q;+1;;;/p-1. The number of aliphatic hydroxyl groups is 1. The van der Waals surface area contributed by atoms with Gasteiger partial charge in [-0.05, 0) is 0 Å². The van der Waals surface area contributed by atoms with Crippen LogP contribution in [0.1, 0.15) is 6.92 Å². The molecule has 0 aromatic carbocycles. The molecule has 8 heavy (non-hydrogen) atoms. The van der Waals surface area contributed by atoms with Crippen LogP contribution in [-0.2, 0) is 29.5 Å². The zero-order valence-corrected chi connectivity index (χ0v) is 12.0. The Bertz CT molecular complexity index is 74.9. The first kappa shape index (κ1) is 11.8. The summed E-state index contributed by atoms with van der Waals surface area (Å²) in [6.45, 7) is 1.34. The van der Waals surface area contributed by atoms with Gasteiger partial charge in [0.05, 0.1) is 0 Å². The molecule has 1 atom stereocenters. The van der Waals surface area contributed by atoms with E-state index in [-0.39, 0.29) is 27.3 Å². The van der Waals surface area contributed by atoms with Gasteiger partial charge in [0.15, 0.2) is 0 Å². The topological polar surface area (TPSA) is 46.5 Å². The van der Waals surface area contributed by atoms with E-state index in [9.17, 15) is 4.79 Å². The SMILES string of the molecule is CC(O)C(=O)[O][Au].[PbH2]. The molecule has 5 heteroatoms. The van der Waals surface area contributed by atoms with E-state index >= 15 is 0 Å². The second-order valence-electron chi connectivity index (χ2n) is 1.06. The molecule has 0 amide bonds. The van der Waals surface area contributed by atoms with Gasteiger partial charge in [-0.2, -0.15) is 0 Å². The van der Waals surface area contributed by atoms with Crippen molar-refractivity contribution in [1.82, 2.24) is 0 Å². The third-order valence-electron chi connectivity index (χ3n) is 0.402. The van der Waals surface area contributed by atoms with Crippen molar-refractivity contribution in [2.75, 3.05) is 0 Å². The molecule has 0 fully saturated rings. The molecule has 1 N–H and O–H groups in total. The van der Waals surface area contributed by atoms with Gasteiger partial charge >= 0.3 is 80.9 Å². The van der Waals surface area contributed by atoms with Crippen LogP contribution in [0.4, 0.5) is 0 Å². The van der Waals surface area contributed by atoms with Crippen molar-refractivity contribution in [3.8, 4) is 0 Å². The van der Waals surface area contributed by atoms with Crippen LogP contribution in [-0.4, -0.2) is 44.5 Å². The summed E-state index contributed by atoms with van der Waals surface area (Å²) in [7, 11) is 0. The van der Waals surface area contributed by atoms with Crippen molar-refractivity contribution in [2.24, 2.45) is 0 Å². The van der Waals surface area contributed by atoms with Crippen molar-refractivity contribution < 1.29 is 34.6 Å². The second kappa shape index (κ2) is 6.22. The van der Waals surface area contributed by atoms with Crippen molar-refractivity contribution in [1.29, 1.82) is 0 Å². The molecule has 0 aliphatic heterocycles. The first-order valence-corrected chi connectivity index (χ1v) is 2.54. The first-order valence-electron chi connectivity index (χ1n) is 1.66. The fraction of sp³-hybridized carbons (Fsp3) is 0.667. The number of hydrogen-bond donors (Lipinski definition) is 1. The molecule has 1 unspecified atom stereocenters. The fourth-order valence-corrected chi connectivity index (χ4v) is 0.421. The molecule has 3 nitrogen and oxygen atoms in total. The molecule has 0 heterocycles. The third-order valence-corrected chi connectivity index (χ3v) is 0.838. The molecule has 0 saturated carbocycles. The van der Waals surface area contributed by atoms with Crippen molar-refractivity contribution >= 4 is 33.3 Å². The van der Waals surface area contributed by atoms with Gasteiger partial charge in [-0.15, -0.1) is 0 Å². The minimum absolute atomic E-state index is 0. The molecular weight excluding hydrogens is 488 g/mol. The Hall–Kier alpha value is 1.09. The Balaban J connectivity index is 0. The Morgan fingerprint density at radius 1 is 1.88 bits per heavy atom. The maximum atomic E-state index is 10.0. The second-order valence-corrected chi connectivity index (χ2v) is 1.50. The average molecular weight is 495 g/mol. The van der Waals surface area contributed by atoms with E-state index in [0.717, 1.165) is 0 Å². The van der Waals surface area contributed by atoms with Crippen molar-refractivity contribution in [2.45, 2.75) is 13.0 Å². The molecule has 0 rings (SSSR count). The van der Waals surface area contributed by atoms with Gasteiger partial charge in [0.2, 0.25) is 0 Å². The van der Waals surface area contributed by atoms with E-state index in [0.29, 0.717) is 0 Å². The van der Waals surface area contributed by atoms with Crippen LogP contribution < -0.4 is 0 Å². The maximum absolute atomic E-state index is 10.0. The molecule has 2 radical (unpaired) electrons. The molecule has 0 aromatic rings. The van der Waals surface area contributed by atoms with Gasteiger partial charge in [-0.25, -0.2) is 0 Å². The molecule has 0 aliphatic carbocycles. The third kappa shape index (κ3) is 5.23. The summed E-state index contributed by atoms with van der Waals surface area (Å²) < 4.78 is 4.07. The Labute approximate surface area is 80.4 Å². The number of rotatable bonds is 1. The van der Waals surface area contributed by atoms with Gasteiger partial charge in [-0.3, -0.25) is 0 Å². The Morgan fingerprint density at radius 2 is 2.25 bits per heavy atom. The predicted molar refractivity (Wildman–Crippen MR) is 26.3 cm³/mol. The van der Waals surface area contributed by atoms with E-state index in [4.69, 9.17) is 5.11 Å². The predicted octanol–water partition coefficient (Wildman–Crippen LogP) is -1.54. The van der Waals surface area contributed by atoms with Crippen LogP contribution in [0.25, 0.3) is 0 Å². The van der Waals surface area contributed by atoms with Crippen LogP contribution in [0.3, 0.4) is 0 Å². The first-order chi connectivity index (χ1) is 3.18. The fourth-order valence-electron chi connectivity index (χ4n) is 0.0514. The minimum atomic E-state index is -1.01. The Kier molecular flexibility index (Phi) is 9.20. The summed E-state index contributed by atoms with van der Waals surface area (Å²) in [6, 6.07) is 0. The summed E-state index contributed by atoms with van der Waals surface area (Å²) in [5, 5.41) is 8.34. The zero-order valence-electron chi connectivity index (χ0n) is 4.35. The van der Waals surface area contributed by atoms with Crippen molar-refractivity contribution in [3.63, 3.8) is 0 Å². The van der Waals surface area contributed by atoms with E-state index in [2.05, 4.69) is 3.24 Å². The van der Waals surface area contributed by atoms with Crippen molar-refractivity contribution in [3.05, 3.63) is 0 Å². The summed E-state index contributed by atoms with van der Waals surface area (Å²) >= 11 is 1.58. The van der Waals surface area contributed by atoms with E-state index in [1.807, 2.05) is 0 Å². The molecular formula is C3H7AuO3Pb. The van der Waals surface area contributed by atoms with Crippen LogP contribution >= 0.6 is 0 Å². The van der Waals surface area contributed by atoms with E-state index in [1.165, 1.54) is 6.92 Å². The van der Waals surface area contributed by atoms with E-state index in [1.54, 1.807) is 21.5 Å². The average Bonchev–Trinajstić information content (AvgIpc) is 1.65. The number of carbonyl (C=O) groups is 1. The van der Waals surface area contributed by atoms with Gasteiger partial charge in [0.25, 0.3) is 0 Å². The summed E-state index contributed by atoms with van der Waals surface area (Å²) in [5.74, 6) is -0.622. The van der Waals surface area contributed by atoms with Crippen LogP contribution in [0.5, 0.6) is 0 Å². The quantitative estimate of drug-likeness (QED) is 0.449. The molecule has 52 valence electrons. The summed E-state index contributed by atoms with van der Waals surface area (Å²) in [5.41, 5.74) is 0. The van der Waals surface area contributed by atoms with Crippen LogP contribution in [0.15, 0.2) is 0 Å². The monoisotopic (exact) mass is 496 g/mol. The zero-order chi connectivity index (χ0) is 5.86. The number of hydrogen-bond acceptors (Lipinski definition) is 3. The molecule has 0 saturated heterocycles. The van der Waals surface area contributed by atoms with Crippen LogP contribution in [0.2, 0.25) is 0 Å².